The lowest BCUT2D eigenvalue weighted by molar-refractivity contribution is -0.132. The van der Waals surface area contributed by atoms with Crippen molar-refractivity contribution in [1.29, 1.82) is 0 Å². The first-order chi connectivity index (χ1) is 15.5. The monoisotopic (exact) mass is 454 g/mol. The number of hydrogen-bond donors (Lipinski definition) is 2. The lowest BCUT2D eigenvalue weighted by Gasteiger charge is -2.42. The number of nitrogens with one attached hydrogen (secondary N) is 1. The van der Waals surface area contributed by atoms with Crippen molar-refractivity contribution in [2.75, 3.05) is 26.2 Å². The molecule has 178 valence electrons. The minimum absolute atomic E-state index is 0.233. The molecule has 1 atom stereocenters. The van der Waals surface area contributed by atoms with E-state index in [-0.39, 0.29) is 30.3 Å². The smallest absolute Gasteiger partial charge is 0.274 e. The molecule has 1 unspecified atom stereocenters. The summed E-state index contributed by atoms with van der Waals surface area (Å²) in [5.74, 6) is -1.05. The molecule has 3 N–H and O–H groups in total. The Morgan fingerprint density at radius 2 is 1.70 bits per heavy atom. The third-order valence-electron chi connectivity index (χ3n) is 5.75. The number of aromatic nitrogens is 2. The third-order valence-corrected chi connectivity index (χ3v) is 5.75. The van der Waals surface area contributed by atoms with Gasteiger partial charge in [-0.3, -0.25) is 19.1 Å². The van der Waals surface area contributed by atoms with Crippen LogP contribution < -0.4 is 11.1 Å². The highest BCUT2D eigenvalue weighted by molar-refractivity contribution is 6.01. The zero-order valence-corrected chi connectivity index (χ0v) is 20.1. The summed E-state index contributed by atoms with van der Waals surface area (Å²) in [7, 11) is 1.71. The van der Waals surface area contributed by atoms with Crippen molar-refractivity contribution in [3.05, 3.63) is 52.8 Å². The van der Waals surface area contributed by atoms with Gasteiger partial charge in [0.25, 0.3) is 17.7 Å². The van der Waals surface area contributed by atoms with Crippen molar-refractivity contribution in [3.8, 4) is 0 Å². The average molecular weight is 455 g/mol. The maximum atomic E-state index is 13.6. The molecule has 2 heterocycles. The van der Waals surface area contributed by atoms with E-state index in [2.05, 4.69) is 10.4 Å². The maximum absolute atomic E-state index is 13.6. The van der Waals surface area contributed by atoms with Crippen LogP contribution in [0.5, 0.6) is 0 Å². The van der Waals surface area contributed by atoms with Crippen molar-refractivity contribution in [3.63, 3.8) is 0 Å². The van der Waals surface area contributed by atoms with E-state index in [1.54, 1.807) is 29.9 Å². The Labute approximate surface area is 194 Å². The van der Waals surface area contributed by atoms with Crippen LogP contribution >= 0.6 is 0 Å². The summed E-state index contributed by atoms with van der Waals surface area (Å²) >= 11 is 0. The topological polar surface area (TPSA) is 114 Å². The largest absolute Gasteiger partial charge is 0.351 e. The molecule has 1 saturated heterocycles. The van der Waals surface area contributed by atoms with Crippen LogP contribution in [-0.4, -0.2) is 69.6 Å². The van der Waals surface area contributed by atoms with Crippen LogP contribution in [0.15, 0.2) is 30.3 Å². The van der Waals surface area contributed by atoms with Crippen molar-refractivity contribution in [2.24, 2.45) is 12.8 Å². The molecule has 1 aliphatic rings. The predicted octanol–water partition coefficient (Wildman–Crippen LogP) is 1.42. The first-order valence-corrected chi connectivity index (χ1v) is 11.3. The molecule has 3 amide bonds. The zero-order valence-electron chi connectivity index (χ0n) is 20.1. The van der Waals surface area contributed by atoms with E-state index >= 15 is 0 Å². The SMILES string of the molecule is Cc1ccc(C(=O)N2CCCN(C(=O)c3cc(C(C)(C)C)nn3C)C2C(=O)NCCN)cc1. The number of nitrogens with two attached hydrogens (primary N) is 1. The highest BCUT2D eigenvalue weighted by Gasteiger charge is 2.41. The maximum Gasteiger partial charge on any atom is 0.274 e. The molecule has 9 nitrogen and oxygen atoms in total. The summed E-state index contributed by atoms with van der Waals surface area (Å²) in [6, 6.07) is 8.95. The molecule has 0 bridgehead atoms. The molecule has 1 aliphatic heterocycles. The second-order valence-corrected chi connectivity index (χ2v) is 9.46. The van der Waals surface area contributed by atoms with E-state index in [4.69, 9.17) is 5.73 Å². The fourth-order valence-electron chi connectivity index (χ4n) is 3.86. The molecule has 0 aliphatic carbocycles. The Kier molecular flexibility index (Phi) is 7.22. The van der Waals surface area contributed by atoms with Gasteiger partial charge in [-0.15, -0.1) is 0 Å². The summed E-state index contributed by atoms with van der Waals surface area (Å²) in [5, 5.41) is 7.25. The molecule has 1 fully saturated rings. The lowest BCUT2D eigenvalue weighted by atomic mass is 9.92. The van der Waals surface area contributed by atoms with Crippen LogP contribution in [0.2, 0.25) is 0 Å². The van der Waals surface area contributed by atoms with Crippen LogP contribution in [0.3, 0.4) is 0 Å². The van der Waals surface area contributed by atoms with Gasteiger partial charge < -0.3 is 20.9 Å². The van der Waals surface area contributed by atoms with E-state index in [9.17, 15) is 14.4 Å². The van der Waals surface area contributed by atoms with Crippen molar-refractivity contribution >= 4 is 17.7 Å². The third kappa shape index (κ3) is 5.24. The molecule has 9 heteroatoms. The molecular formula is C24H34N6O3. The quantitative estimate of drug-likeness (QED) is 0.709. The minimum Gasteiger partial charge on any atom is -0.351 e. The van der Waals surface area contributed by atoms with Gasteiger partial charge in [0.2, 0.25) is 0 Å². The van der Waals surface area contributed by atoms with Crippen LogP contribution in [0.4, 0.5) is 0 Å². The van der Waals surface area contributed by atoms with Gasteiger partial charge in [0, 0.05) is 44.2 Å². The van der Waals surface area contributed by atoms with Gasteiger partial charge in [0.1, 0.15) is 5.69 Å². The Bertz CT molecular complexity index is 1020. The number of carbonyl (C=O) groups excluding carboxylic acids is 3. The summed E-state index contributed by atoms with van der Waals surface area (Å²) in [6.45, 7) is 9.25. The second-order valence-electron chi connectivity index (χ2n) is 9.46. The number of benzene rings is 1. The average Bonchev–Trinajstić information content (AvgIpc) is 3.18. The Hall–Kier alpha value is -3.20. The van der Waals surface area contributed by atoms with Crippen molar-refractivity contribution in [2.45, 2.75) is 45.7 Å². The highest BCUT2D eigenvalue weighted by atomic mass is 16.2. The Morgan fingerprint density at radius 3 is 2.24 bits per heavy atom. The Morgan fingerprint density at radius 1 is 1.09 bits per heavy atom. The zero-order chi connectivity index (χ0) is 24.3. The highest BCUT2D eigenvalue weighted by Crippen LogP contribution is 2.25. The van der Waals surface area contributed by atoms with Crippen LogP contribution in [0.1, 0.15) is 59.3 Å². The fraction of sp³-hybridized carbons (Fsp3) is 0.500. The number of aryl methyl sites for hydroxylation is 2. The standard InChI is InChI=1S/C24H34N6O3/c1-16-7-9-17(10-8-16)22(32)29-13-6-14-30(21(29)20(31)26-12-11-25)23(33)18-15-19(24(2,3)4)27-28(18)5/h7-10,15,21H,6,11-14,25H2,1-5H3,(H,26,31). The Balaban J connectivity index is 1.97. The summed E-state index contributed by atoms with van der Waals surface area (Å²) in [4.78, 5) is 43.1. The molecule has 33 heavy (non-hydrogen) atoms. The molecule has 0 saturated carbocycles. The van der Waals surface area contributed by atoms with Gasteiger partial charge in [-0.25, -0.2) is 0 Å². The number of amides is 3. The minimum atomic E-state index is -1.07. The van der Waals surface area contributed by atoms with E-state index in [0.29, 0.717) is 30.8 Å². The lowest BCUT2D eigenvalue weighted by Crippen LogP contribution is -2.63. The molecule has 0 spiro atoms. The summed E-state index contributed by atoms with van der Waals surface area (Å²) < 4.78 is 1.54. The van der Waals surface area contributed by atoms with Gasteiger partial charge >= 0.3 is 0 Å². The van der Waals surface area contributed by atoms with E-state index < -0.39 is 12.1 Å². The van der Waals surface area contributed by atoms with Gasteiger partial charge in [0.05, 0.1) is 5.69 Å². The molecule has 3 rings (SSSR count). The normalized spacial score (nSPS) is 16.6. The molecule has 1 aromatic carbocycles. The predicted molar refractivity (Wildman–Crippen MR) is 126 cm³/mol. The second kappa shape index (κ2) is 9.74. The molecule has 1 aromatic heterocycles. The number of hydrogen-bond acceptors (Lipinski definition) is 5. The summed E-state index contributed by atoms with van der Waals surface area (Å²) in [6.07, 6.45) is -0.506. The fourth-order valence-corrected chi connectivity index (χ4v) is 3.86. The van der Waals surface area contributed by atoms with Crippen molar-refractivity contribution in [1.82, 2.24) is 24.9 Å². The molecule has 0 radical (unpaired) electrons. The van der Waals surface area contributed by atoms with Crippen LogP contribution in [0.25, 0.3) is 0 Å². The number of nitrogens with zero attached hydrogens (tertiary/aromatic N) is 4. The first-order valence-electron chi connectivity index (χ1n) is 11.3. The summed E-state index contributed by atoms with van der Waals surface area (Å²) in [5.41, 5.74) is 8.00. The van der Waals surface area contributed by atoms with E-state index in [0.717, 1.165) is 11.3 Å². The van der Waals surface area contributed by atoms with Gasteiger partial charge in [0.15, 0.2) is 6.17 Å². The van der Waals surface area contributed by atoms with E-state index in [1.807, 2.05) is 39.8 Å². The van der Waals surface area contributed by atoms with Gasteiger partial charge in [-0.05, 0) is 31.5 Å². The number of carbonyl (C=O) groups is 3. The number of rotatable bonds is 5. The van der Waals surface area contributed by atoms with E-state index in [1.165, 1.54) is 9.80 Å². The molecular weight excluding hydrogens is 420 g/mol. The van der Waals surface area contributed by atoms with Crippen LogP contribution in [-0.2, 0) is 17.3 Å². The van der Waals surface area contributed by atoms with Gasteiger partial charge in [-0.2, -0.15) is 5.10 Å². The molecule has 2 aromatic rings. The first kappa shape index (κ1) is 24.4. The van der Waals surface area contributed by atoms with Gasteiger partial charge in [-0.1, -0.05) is 38.5 Å². The van der Waals surface area contributed by atoms with Crippen molar-refractivity contribution < 1.29 is 14.4 Å². The van der Waals surface area contributed by atoms with Crippen LogP contribution in [0, 0.1) is 6.92 Å².